The first-order valence-corrected chi connectivity index (χ1v) is 10.8. The van der Waals surface area contributed by atoms with E-state index in [1.165, 1.54) is 6.07 Å². The molecule has 2 fully saturated rings. The van der Waals surface area contributed by atoms with Crippen molar-refractivity contribution in [3.63, 3.8) is 0 Å². The van der Waals surface area contributed by atoms with E-state index in [1.807, 2.05) is 13.8 Å². The maximum absolute atomic E-state index is 13.0. The smallest absolute Gasteiger partial charge is 0.264 e. The van der Waals surface area contributed by atoms with Crippen LogP contribution in [0, 0.1) is 0 Å². The minimum atomic E-state index is -1.03. The highest BCUT2D eigenvalue weighted by Gasteiger charge is 2.45. The number of hydrogen-bond acceptors (Lipinski definition) is 7. The van der Waals surface area contributed by atoms with Gasteiger partial charge in [-0.05, 0) is 45.2 Å². The van der Waals surface area contributed by atoms with Gasteiger partial charge in [0.15, 0.2) is 0 Å². The van der Waals surface area contributed by atoms with E-state index in [4.69, 9.17) is 4.74 Å². The van der Waals surface area contributed by atoms with Crippen LogP contribution in [0.15, 0.2) is 18.2 Å². The van der Waals surface area contributed by atoms with Crippen molar-refractivity contribution in [1.82, 2.24) is 15.5 Å². The summed E-state index contributed by atoms with van der Waals surface area (Å²) in [6.07, 6.45) is 1.98. The van der Waals surface area contributed by atoms with Gasteiger partial charge in [-0.3, -0.25) is 34.2 Å². The first kappa shape index (κ1) is 21.9. The number of hydrogen-bond donors (Lipinski definition) is 3. The molecule has 1 saturated heterocycles. The number of carbonyl (C=O) groups is 5. The third-order valence-corrected chi connectivity index (χ3v) is 5.83. The summed E-state index contributed by atoms with van der Waals surface area (Å²) in [6.45, 7) is 3.88. The standard InChI is InChI=1S/C22H26N4O6/c1-11(2)32-13-8-12(9-13)24-18(28)10-23-15-5-3-4-14-19(15)22(31)26(21(14)30)16-6-7-17(27)25-20(16)29/h3-5,11-13,16,23H,6-10H2,1-2H3,(H,24,28)(H,25,27,29). The number of piperidine rings is 1. The molecule has 2 aliphatic heterocycles. The van der Waals surface area contributed by atoms with E-state index in [1.54, 1.807) is 12.1 Å². The number of nitrogens with one attached hydrogen (secondary N) is 3. The maximum Gasteiger partial charge on any atom is 0.264 e. The fourth-order valence-corrected chi connectivity index (χ4v) is 4.30. The van der Waals surface area contributed by atoms with Crippen molar-refractivity contribution in [2.45, 2.75) is 63.8 Å². The van der Waals surface area contributed by atoms with Gasteiger partial charge in [-0.25, -0.2) is 0 Å². The van der Waals surface area contributed by atoms with Crippen molar-refractivity contribution in [3.8, 4) is 0 Å². The summed E-state index contributed by atoms with van der Waals surface area (Å²) in [5, 5.41) is 8.03. The van der Waals surface area contributed by atoms with Crippen molar-refractivity contribution in [2.75, 3.05) is 11.9 Å². The molecule has 2 heterocycles. The van der Waals surface area contributed by atoms with Gasteiger partial charge in [0.1, 0.15) is 6.04 Å². The number of rotatable bonds is 7. The Morgan fingerprint density at radius 1 is 1.19 bits per heavy atom. The second kappa shape index (κ2) is 8.70. The Hall–Kier alpha value is -3.27. The van der Waals surface area contributed by atoms with Gasteiger partial charge in [-0.15, -0.1) is 0 Å². The van der Waals surface area contributed by atoms with Gasteiger partial charge >= 0.3 is 0 Å². The van der Waals surface area contributed by atoms with Gasteiger partial charge in [-0.2, -0.15) is 0 Å². The first-order chi connectivity index (χ1) is 15.2. The Labute approximate surface area is 185 Å². The summed E-state index contributed by atoms with van der Waals surface area (Å²) in [6, 6.07) is 3.76. The molecule has 3 N–H and O–H groups in total. The first-order valence-electron chi connectivity index (χ1n) is 10.8. The molecular formula is C22H26N4O6. The van der Waals surface area contributed by atoms with E-state index in [2.05, 4.69) is 16.0 Å². The number of anilines is 1. The summed E-state index contributed by atoms with van der Waals surface area (Å²) >= 11 is 0. The van der Waals surface area contributed by atoms with E-state index >= 15 is 0 Å². The number of amides is 5. The molecule has 0 bridgehead atoms. The Bertz CT molecular complexity index is 985. The lowest BCUT2D eigenvalue weighted by atomic mass is 9.89. The molecule has 5 amide bonds. The summed E-state index contributed by atoms with van der Waals surface area (Å²) in [5.74, 6) is -2.52. The summed E-state index contributed by atoms with van der Waals surface area (Å²) in [5.41, 5.74) is 0.641. The Morgan fingerprint density at radius 2 is 1.94 bits per heavy atom. The molecule has 1 unspecified atom stereocenters. The molecule has 4 rings (SSSR count). The van der Waals surface area contributed by atoms with Crippen molar-refractivity contribution < 1.29 is 28.7 Å². The van der Waals surface area contributed by atoms with E-state index in [0.29, 0.717) is 5.69 Å². The molecule has 10 nitrogen and oxygen atoms in total. The van der Waals surface area contributed by atoms with Crippen molar-refractivity contribution in [3.05, 3.63) is 29.3 Å². The third-order valence-electron chi connectivity index (χ3n) is 5.83. The van der Waals surface area contributed by atoms with Gasteiger partial charge in [-0.1, -0.05) is 6.07 Å². The average molecular weight is 442 g/mol. The summed E-state index contributed by atoms with van der Waals surface area (Å²) < 4.78 is 5.68. The Kier molecular flexibility index (Phi) is 5.96. The predicted octanol–water partition coefficient (Wildman–Crippen LogP) is 0.572. The van der Waals surface area contributed by atoms with Crippen molar-refractivity contribution in [2.24, 2.45) is 0 Å². The molecule has 0 aromatic heterocycles. The minimum absolute atomic E-state index is 0.0549. The molecule has 0 radical (unpaired) electrons. The fourth-order valence-electron chi connectivity index (χ4n) is 4.30. The topological polar surface area (TPSA) is 134 Å². The highest BCUT2D eigenvalue weighted by Crippen LogP contribution is 2.32. The lowest BCUT2D eigenvalue weighted by Crippen LogP contribution is -2.54. The molecule has 1 aromatic carbocycles. The zero-order chi connectivity index (χ0) is 23.0. The van der Waals surface area contributed by atoms with Gasteiger partial charge in [0, 0.05) is 18.2 Å². The van der Waals surface area contributed by atoms with Gasteiger partial charge < -0.3 is 15.4 Å². The van der Waals surface area contributed by atoms with Crippen LogP contribution in [-0.2, 0) is 19.1 Å². The lowest BCUT2D eigenvalue weighted by molar-refractivity contribution is -0.136. The molecule has 32 heavy (non-hydrogen) atoms. The summed E-state index contributed by atoms with van der Waals surface area (Å²) in [4.78, 5) is 62.7. The maximum atomic E-state index is 13.0. The Balaban J connectivity index is 1.38. The van der Waals surface area contributed by atoms with Gasteiger partial charge in [0.05, 0.1) is 29.9 Å². The zero-order valence-corrected chi connectivity index (χ0v) is 18.0. The predicted molar refractivity (Wildman–Crippen MR) is 113 cm³/mol. The number of fused-ring (bicyclic) bond motifs is 1. The molecule has 1 saturated carbocycles. The monoisotopic (exact) mass is 442 g/mol. The summed E-state index contributed by atoms with van der Waals surface area (Å²) in [7, 11) is 0. The molecule has 3 aliphatic rings. The molecule has 1 aliphatic carbocycles. The Morgan fingerprint density at radius 3 is 2.62 bits per heavy atom. The van der Waals surface area contributed by atoms with E-state index in [9.17, 15) is 24.0 Å². The fraction of sp³-hybridized carbons (Fsp3) is 0.500. The number of imide groups is 2. The normalized spacial score (nSPS) is 24.8. The van der Waals surface area contributed by atoms with E-state index in [-0.39, 0.29) is 54.7 Å². The largest absolute Gasteiger partial charge is 0.375 e. The van der Waals surface area contributed by atoms with Crippen LogP contribution in [0.4, 0.5) is 5.69 Å². The van der Waals surface area contributed by atoms with Crippen molar-refractivity contribution >= 4 is 35.2 Å². The number of benzene rings is 1. The molecule has 1 aromatic rings. The molecular weight excluding hydrogens is 416 g/mol. The van der Waals surface area contributed by atoms with Crippen LogP contribution < -0.4 is 16.0 Å². The van der Waals surface area contributed by atoms with Crippen LogP contribution in [-0.4, -0.2) is 65.3 Å². The van der Waals surface area contributed by atoms with Crippen molar-refractivity contribution in [1.29, 1.82) is 0 Å². The van der Waals surface area contributed by atoms with E-state index < -0.39 is 29.7 Å². The average Bonchev–Trinajstić information content (AvgIpc) is 2.96. The number of nitrogens with zero attached hydrogens (tertiary/aromatic N) is 1. The molecule has 10 heteroatoms. The highest BCUT2D eigenvalue weighted by molar-refractivity contribution is 6.25. The van der Waals surface area contributed by atoms with Crippen LogP contribution in [0.3, 0.4) is 0 Å². The molecule has 1 atom stereocenters. The van der Waals surface area contributed by atoms with Crippen LogP contribution in [0.25, 0.3) is 0 Å². The zero-order valence-electron chi connectivity index (χ0n) is 18.0. The van der Waals surface area contributed by atoms with E-state index in [0.717, 1.165) is 17.7 Å². The van der Waals surface area contributed by atoms with Crippen LogP contribution in [0.5, 0.6) is 0 Å². The van der Waals surface area contributed by atoms with Crippen LogP contribution >= 0.6 is 0 Å². The van der Waals surface area contributed by atoms with Gasteiger partial charge in [0.25, 0.3) is 11.8 Å². The number of ether oxygens (including phenoxy) is 1. The molecule has 0 spiro atoms. The van der Waals surface area contributed by atoms with Crippen LogP contribution in [0.1, 0.15) is 60.2 Å². The second-order valence-corrected chi connectivity index (χ2v) is 8.57. The van der Waals surface area contributed by atoms with Gasteiger partial charge in [0.2, 0.25) is 17.7 Å². The minimum Gasteiger partial charge on any atom is -0.375 e. The molecule has 170 valence electrons. The SMILES string of the molecule is CC(C)OC1CC(NC(=O)CNc2cccc3c2C(=O)N(C2CCC(=O)NC2=O)C3=O)C1. The number of carbonyl (C=O) groups excluding carboxylic acids is 5. The second-order valence-electron chi connectivity index (χ2n) is 8.57. The lowest BCUT2D eigenvalue weighted by Gasteiger charge is -2.36. The van der Waals surface area contributed by atoms with Crippen LogP contribution in [0.2, 0.25) is 0 Å². The highest BCUT2D eigenvalue weighted by atomic mass is 16.5. The quantitative estimate of drug-likeness (QED) is 0.526. The third kappa shape index (κ3) is 4.22.